The van der Waals surface area contributed by atoms with Gasteiger partial charge in [0.15, 0.2) is 11.6 Å². The quantitative estimate of drug-likeness (QED) is 0.358. The van der Waals surface area contributed by atoms with Crippen LogP contribution in [0, 0.1) is 11.7 Å². The molecule has 1 fully saturated rings. The van der Waals surface area contributed by atoms with E-state index in [4.69, 9.17) is 4.52 Å². The number of carbonyl (C=O) groups excluding carboxylic acids is 2. The van der Waals surface area contributed by atoms with Crippen molar-refractivity contribution in [3.05, 3.63) is 53.6 Å². The molecule has 9 heteroatoms. The van der Waals surface area contributed by atoms with Gasteiger partial charge in [-0.25, -0.2) is 4.39 Å². The van der Waals surface area contributed by atoms with Crippen LogP contribution in [0.3, 0.4) is 0 Å². The van der Waals surface area contributed by atoms with Crippen molar-refractivity contribution >= 4 is 17.7 Å². The molecular weight excluding hydrogens is 497 g/mol. The average Bonchev–Trinajstić information content (AvgIpc) is 3.43. The average molecular weight is 544 g/mol. The Morgan fingerprint density at radius 1 is 1.18 bits per heavy atom. The van der Waals surface area contributed by atoms with E-state index in [0.29, 0.717) is 24.5 Å². The number of ketones is 1. The molecule has 0 radical (unpaired) electrons. The van der Waals surface area contributed by atoms with Crippen LogP contribution in [-0.4, -0.2) is 65.5 Å². The molecule has 2 atom stereocenters. The number of aromatic nitrogens is 2. The van der Waals surface area contributed by atoms with Crippen LogP contribution in [0.15, 0.2) is 35.4 Å². The van der Waals surface area contributed by atoms with Gasteiger partial charge in [0.25, 0.3) is 5.91 Å². The monoisotopic (exact) mass is 543 g/mol. The Hall–Kier alpha value is -3.07. The summed E-state index contributed by atoms with van der Waals surface area (Å²) in [6, 6.07) is 6.07. The normalized spacial score (nSPS) is 15.3. The Bertz CT molecular complexity index is 1060. The number of rotatable bonds is 12. The number of nitrogens with one attached hydrogen (secondary N) is 1. The Kier molecular flexibility index (Phi) is 13.3. The van der Waals surface area contributed by atoms with E-state index >= 15 is 0 Å². The lowest BCUT2D eigenvalue weighted by Gasteiger charge is -2.37. The minimum atomic E-state index is -0.440. The van der Waals surface area contributed by atoms with Gasteiger partial charge in [0.2, 0.25) is 0 Å². The predicted octanol–water partition coefficient (Wildman–Crippen LogP) is 5.40. The van der Waals surface area contributed by atoms with Crippen LogP contribution < -0.4 is 10.2 Å². The second kappa shape index (κ2) is 16.1. The van der Waals surface area contributed by atoms with Gasteiger partial charge in [0, 0.05) is 44.7 Å². The molecule has 1 aliphatic rings. The standard InChI is InChI=1S/C26H40FN5O2.C4H6O/c1-6-19(4)17-28-25(33)22-11-10-21(16-23(22)27)9-7-8-20(5)31-12-14-32(15-13-31)26-29-24(18(2)3)30-34-26;1-3-4(2)5/h10-11,16,18-20H,6-9,12-15,17H2,1-5H3,(H,28,33);3H,1H2,2H3. The van der Waals surface area contributed by atoms with Crippen LogP contribution in [0.25, 0.3) is 0 Å². The first-order chi connectivity index (χ1) is 18.5. The fourth-order valence-corrected chi connectivity index (χ4v) is 4.13. The van der Waals surface area contributed by atoms with E-state index in [2.05, 4.69) is 66.5 Å². The first-order valence-electron chi connectivity index (χ1n) is 14.1. The Morgan fingerprint density at radius 3 is 2.38 bits per heavy atom. The molecular formula is C30H46FN5O3. The van der Waals surface area contributed by atoms with Gasteiger partial charge in [-0.1, -0.05) is 51.9 Å². The van der Waals surface area contributed by atoms with Gasteiger partial charge >= 0.3 is 6.01 Å². The van der Waals surface area contributed by atoms with E-state index in [0.717, 1.165) is 63.3 Å². The molecule has 0 saturated carbocycles. The van der Waals surface area contributed by atoms with Crippen molar-refractivity contribution in [3.63, 3.8) is 0 Å². The lowest BCUT2D eigenvalue weighted by molar-refractivity contribution is -0.112. The molecule has 1 aromatic heterocycles. The van der Waals surface area contributed by atoms with Crippen LogP contribution in [-0.2, 0) is 11.2 Å². The van der Waals surface area contributed by atoms with Crippen LogP contribution in [0.4, 0.5) is 10.4 Å². The van der Waals surface area contributed by atoms with Gasteiger partial charge < -0.3 is 14.7 Å². The van der Waals surface area contributed by atoms with E-state index in [9.17, 15) is 14.0 Å². The molecule has 1 amide bonds. The highest BCUT2D eigenvalue weighted by Gasteiger charge is 2.24. The number of amides is 1. The van der Waals surface area contributed by atoms with E-state index < -0.39 is 5.82 Å². The Balaban J connectivity index is 0.000000976. The summed E-state index contributed by atoms with van der Waals surface area (Å²) in [6.07, 6.45) is 5.07. The number of allylic oxidation sites excluding steroid dienone is 1. The van der Waals surface area contributed by atoms with Gasteiger partial charge in [-0.05, 0) is 62.8 Å². The van der Waals surface area contributed by atoms with Crippen LogP contribution in [0.5, 0.6) is 0 Å². The number of carbonyl (C=O) groups is 2. The van der Waals surface area contributed by atoms with E-state index in [1.54, 1.807) is 6.07 Å². The molecule has 0 spiro atoms. The summed E-state index contributed by atoms with van der Waals surface area (Å²) in [4.78, 5) is 31.1. The molecule has 1 aromatic carbocycles. The zero-order valence-electron chi connectivity index (χ0n) is 24.5. The van der Waals surface area contributed by atoms with Crippen molar-refractivity contribution in [2.45, 2.75) is 79.2 Å². The summed E-state index contributed by atoms with van der Waals surface area (Å²) in [5.41, 5.74) is 1.06. The molecule has 3 rings (SSSR count). The summed E-state index contributed by atoms with van der Waals surface area (Å²) in [5, 5.41) is 6.89. The molecule has 1 aliphatic heterocycles. The maximum Gasteiger partial charge on any atom is 0.324 e. The van der Waals surface area contributed by atoms with Gasteiger partial charge in [0.1, 0.15) is 5.82 Å². The maximum absolute atomic E-state index is 14.5. The molecule has 8 nitrogen and oxygen atoms in total. The third kappa shape index (κ3) is 10.5. The third-order valence-corrected chi connectivity index (χ3v) is 7.12. The summed E-state index contributed by atoms with van der Waals surface area (Å²) in [5.74, 6) is 0.637. The Labute approximate surface area is 233 Å². The molecule has 2 heterocycles. The summed E-state index contributed by atoms with van der Waals surface area (Å²) >= 11 is 0. The molecule has 39 heavy (non-hydrogen) atoms. The van der Waals surface area contributed by atoms with Crippen molar-refractivity contribution in [2.75, 3.05) is 37.6 Å². The number of aryl methyl sites for hydroxylation is 1. The summed E-state index contributed by atoms with van der Waals surface area (Å²) in [6.45, 7) is 19.4. The summed E-state index contributed by atoms with van der Waals surface area (Å²) in [7, 11) is 0. The molecule has 0 aliphatic carbocycles. The molecule has 2 unspecified atom stereocenters. The van der Waals surface area contributed by atoms with Gasteiger partial charge in [-0.15, -0.1) is 0 Å². The van der Waals surface area contributed by atoms with Crippen LogP contribution in [0.1, 0.15) is 88.5 Å². The minimum absolute atomic E-state index is 0.0185. The van der Waals surface area contributed by atoms with Crippen LogP contribution >= 0.6 is 0 Å². The topological polar surface area (TPSA) is 91.6 Å². The SMILES string of the molecule is C=CC(C)=O.CCC(C)CNC(=O)c1ccc(CCCC(C)N2CCN(c3nc(C(C)C)no3)CC2)cc1F. The van der Waals surface area contributed by atoms with Crippen molar-refractivity contribution < 1.29 is 18.5 Å². The first kappa shape index (κ1) is 32.1. The zero-order valence-corrected chi connectivity index (χ0v) is 24.5. The highest BCUT2D eigenvalue weighted by atomic mass is 19.1. The fraction of sp³-hybridized carbons (Fsp3) is 0.600. The van der Waals surface area contributed by atoms with E-state index in [1.165, 1.54) is 19.1 Å². The van der Waals surface area contributed by atoms with E-state index in [1.807, 2.05) is 6.07 Å². The third-order valence-electron chi connectivity index (χ3n) is 7.12. The number of halogens is 1. The molecule has 1 N–H and O–H groups in total. The molecule has 216 valence electrons. The van der Waals surface area contributed by atoms with Gasteiger partial charge in [0.05, 0.1) is 5.56 Å². The second-order valence-corrected chi connectivity index (χ2v) is 10.7. The zero-order chi connectivity index (χ0) is 28.9. The smallest absolute Gasteiger partial charge is 0.324 e. The second-order valence-electron chi connectivity index (χ2n) is 10.7. The van der Waals surface area contributed by atoms with Crippen LogP contribution in [0.2, 0.25) is 0 Å². The van der Waals surface area contributed by atoms with E-state index in [-0.39, 0.29) is 23.2 Å². The molecule has 0 bridgehead atoms. The lowest BCUT2D eigenvalue weighted by atomic mass is 10.0. The molecule has 2 aromatic rings. The van der Waals surface area contributed by atoms with Gasteiger partial charge in [-0.3, -0.25) is 14.5 Å². The van der Waals surface area contributed by atoms with Gasteiger partial charge in [-0.2, -0.15) is 4.98 Å². The van der Waals surface area contributed by atoms with Crippen molar-refractivity contribution in [1.29, 1.82) is 0 Å². The van der Waals surface area contributed by atoms with Crippen molar-refractivity contribution in [2.24, 2.45) is 5.92 Å². The summed E-state index contributed by atoms with van der Waals surface area (Å²) < 4.78 is 19.9. The number of benzene rings is 1. The number of hydrogen-bond donors (Lipinski definition) is 1. The predicted molar refractivity (Wildman–Crippen MR) is 154 cm³/mol. The fourth-order valence-electron chi connectivity index (χ4n) is 4.13. The first-order valence-corrected chi connectivity index (χ1v) is 14.1. The molecule has 1 saturated heterocycles. The number of nitrogens with zero attached hydrogens (tertiary/aromatic N) is 4. The largest absolute Gasteiger partial charge is 0.352 e. The number of anilines is 1. The van der Waals surface area contributed by atoms with Crippen molar-refractivity contribution in [1.82, 2.24) is 20.4 Å². The maximum atomic E-state index is 14.5. The lowest BCUT2D eigenvalue weighted by Crippen LogP contribution is -2.49. The number of hydrogen-bond acceptors (Lipinski definition) is 7. The number of piperazine rings is 1. The highest BCUT2D eigenvalue weighted by molar-refractivity contribution is 5.94. The minimum Gasteiger partial charge on any atom is -0.352 e. The Morgan fingerprint density at radius 2 is 1.85 bits per heavy atom. The van der Waals surface area contributed by atoms with Crippen molar-refractivity contribution in [3.8, 4) is 0 Å². The highest BCUT2D eigenvalue weighted by Crippen LogP contribution is 2.20.